The van der Waals surface area contributed by atoms with E-state index in [4.69, 9.17) is 4.74 Å². The maximum atomic E-state index is 12.3. The molecule has 1 rings (SSSR count). The lowest BCUT2D eigenvalue weighted by molar-refractivity contribution is -0.276. The zero-order valence-corrected chi connectivity index (χ0v) is 10.1. The van der Waals surface area contributed by atoms with Crippen molar-refractivity contribution in [3.05, 3.63) is 15.3 Å². The van der Waals surface area contributed by atoms with Gasteiger partial charge in [-0.25, -0.2) is 9.37 Å². The molecule has 0 spiro atoms. The normalized spacial score (nSPS) is 11.4. The molecule has 0 saturated carbocycles. The Hall–Kier alpha value is -0.800. The molecule has 1 aromatic heterocycles. The largest absolute Gasteiger partial charge is 0.574 e. The van der Waals surface area contributed by atoms with Crippen LogP contribution in [0.15, 0.2) is 6.07 Å². The van der Waals surface area contributed by atoms with Gasteiger partial charge in [0.15, 0.2) is 5.75 Å². The summed E-state index contributed by atoms with van der Waals surface area (Å²) in [6, 6.07) is 1.28. The van der Waals surface area contributed by atoms with Gasteiger partial charge in [0.05, 0.1) is 16.4 Å². The van der Waals surface area contributed by atoms with E-state index in [1.165, 1.54) is 13.2 Å². The zero-order chi connectivity index (χ0) is 12.3. The van der Waals surface area contributed by atoms with Crippen LogP contribution in [0.1, 0.15) is 5.69 Å². The van der Waals surface area contributed by atoms with Gasteiger partial charge in [0, 0.05) is 0 Å². The van der Waals surface area contributed by atoms with Crippen molar-refractivity contribution in [2.45, 2.75) is 13.0 Å². The number of alkyl halides is 4. The standard InChI is InChI=1S/C8H6F4INO2/c1-15-6-5(13)2-4(3-9)14-7(6)16-8(10,11)12/h2H,3H2,1H3. The first kappa shape index (κ1) is 13.3. The Balaban J connectivity index is 3.18. The smallest absolute Gasteiger partial charge is 0.490 e. The van der Waals surface area contributed by atoms with Crippen molar-refractivity contribution in [2.24, 2.45) is 0 Å². The lowest BCUT2D eigenvalue weighted by Crippen LogP contribution is -2.19. The summed E-state index contributed by atoms with van der Waals surface area (Å²) in [5.41, 5.74) is -0.149. The number of hydrogen-bond acceptors (Lipinski definition) is 3. The van der Waals surface area contributed by atoms with Gasteiger partial charge in [0.1, 0.15) is 6.67 Å². The number of hydrogen-bond donors (Lipinski definition) is 0. The first-order chi connectivity index (χ1) is 7.37. The molecule has 0 aromatic carbocycles. The fraction of sp³-hybridized carbons (Fsp3) is 0.375. The second-order valence-electron chi connectivity index (χ2n) is 2.62. The molecule has 0 bridgehead atoms. The van der Waals surface area contributed by atoms with Crippen LogP contribution in [0.2, 0.25) is 0 Å². The Bertz CT molecular complexity index is 383. The molecule has 0 unspecified atom stereocenters. The Morgan fingerprint density at radius 2 is 2.06 bits per heavy atom. The number of ether oxygens (including phenoxy) is 2. The van der Waals surface area contributed by atoms with Crippen molar-refractivity contribution >= 4 is 22.6 Å². The highest BCUT2D eigenvalue weighted by Crippen LogP contribution is 2.34. The van der Waals surface area contributed by atoms with Crippen molar-refractivity contribution in [1.29, 1.82) is 0 Å². The average Bonchev–Trinajstić information content (AvgIpc) is 2.14. The minimum Gasteiger partial charge on any atom is -0.490 e. The quantitative estimate of drug-likeness (QED) is 0.620. The highest BCUT2D eigenvalue weighted by molar-refractivity contribution is 14.1. The second-order valence-corrected chi connectivity index (χ2v) is 3.78. The first-order valence-corrected chi connectivity index (χ1v) is 5.00. The highest BCUT2D eigenvalue weighted by Gasteiger charge is 2.34. The maximum absolute atomic E-state index is 12.3. The van der Waals surface area contributed by atoms with Crippen LogP contribution in [0.4, 0.5) is 17.6 Å². The summed E-state index contributed by atoms with van der Waals surface area (Å²) in [4.78, 5) is 3.36. The van der Waals surface area contributed by atoms with Gasteiger partial charge in [-0.15, -0.1) is 13.2 Å². The molecule has 1 heterocycles. The first-order valence-electron chi connectivity index (χ1n) is 3.92. The third-order valence-corrected chi connectivity index (χ3v) is 2.30. The van der Waals surface area contributed by atoms with E-state index in [-0.39, 0.29) is 11.4 Å². The third kappa shape index (κ3) is 3.35. The van der Waals surface area contributed by atoms with Crippen LogP contribution in [0.25, 0.3) is 0 Å². The van der Waals surface area contributed by atoms with Crippen LogP contribution in [0.5, 0.6) is 11.6 Å². The predicted molar refractivity (Wildman–Crippen MR) is 55.0 cm³/mol. The van der Waals surface area contributed by atoms with E-state index in [1.54, 1.807) is 22.6 Å². The molecule has 0 saturated heterocycles. The highest BCUT2D eigenvalue weighted by atomic mass is 127. The number of rotatable bonds is 3. The van der Waals surface area contributed by atoms with Crippen molar-refractivity contribution in [2.75, 3.05) is 7.11 Å². The fourth-order valence-electron chi connectivity index (χ4n) is 0.960. The Morgan fingerprint density at radius 3 is 2.50 bits per heavy atom. The summed E-state index contributed by atoms with van der Waals surface area (Å²) in [5, 5.41) is 0. The molecule has 0 N–H and O–H groups in total. The van der Waals surface area contributed by atoms with Crippen LogP contribution in [0.3, 0.4) is 0 Å². The SMILES string of the molecule is COc1c(I)cc(CF)nc1OC(F)(F)F. The lowest BCUT2D eigenvalue weighted by Gasteiger charge is -2.13. The van der Waals surface area contributed by atoms with E-state index in [2.05, 4.69) is 9.72 Å². The molecule has 1 aromatic rings. The van der Waals surface area contributed by atoms with E-state index in [1.807, 2.05) is 0 Å². The molecule has 0 amide bonds. The van der Waals surface area contributed by atoms with Crippen LogP contribution >= 0.6 is 22.6 Å². The predicted octanol–water partition coefficient (Wildman–Crippen LogP) is 3.06. The van der Waals surface area contributed by atoms with Crippen molar-refractivity contribution in [1.82, 2.24) is 4.98 Å². The molecular formula is C8H6F4INO2. The van der Waals surface area contributed by atoms with Gasteiger partial charge in [0.25, 0.3) is 5.88 Å². The monoisotopic (exact) mass is 351 g/mol. The maximum Gasteiger partial charge on any atom is 0.574 e. The van der Waals surface area contributed by atoms with Gasteiger partial charge in [-0.3, -0.25) is 0 Å². The average molecular weight is 351 g/mol. The van der Waals surface area contributed by atoms with E-state index in [9.17, 15) is 17.6 Å². The Morgan fingerprint density at radius 1 is 1.44 bits per heavy atom. The minimum atomic E-state index is -4.89. The van der Waals surface area contributed by atoms with Gasteiger partial charge in [0.2, 0.25) is 0 Å². The summed E-state index contributed by atoms with van der Waals surface area (Å²) in [6.45, 7) is -0.978. The molecule has 8 heteroatoms. The number of aromatic nitrogens is 1. The molecule has 0 fully saturated rings. The molecule has 3 nitrogen and oxygen atoms in total. The lowest BCUT2D eigenvalue weighted by atomic mass is 10.3. The number of pyridine rings is 1. The van der Waals surface area contributed by atoms with Crippen LogP contribution in [0, 0.1) is 3.57 Å². The van der Waals surface area contributed by atoms with Gasteiger partial charge in [-0.05, 0) is 28.7 Å². The summed E-state index contributed by atoms with van der Waals surface area (Å²) in [6.07, 6.45) is -4.89. The van der Waals surface area contributed by atoms with E-state index < -0.39 is 18.9 Å². The molecule has 90 valence electrons. The zero-order valence-electron chi connectivity index (χ0n) is 7.94. The van der Waals surface area contributed by atoms with Gasteiger partial charge in [-0.1, -0.05) is 0 Å². The Kier molecular flexibility index (Phi) is 4.16. The van der Waals surface area contributed by atoms with Gasteiger partial charge in [-0.2, -0.15) is 0 Å². The van der Waals surface area contributed by atoms with Crippen molar-refractivity contribution in [3.63, 3.8) is 0 Å². The van der Waals surface area contributed by atoms with Crippen molar-refractivity contribution in [3.8, 4) is 11.6 Å². The molecule has 0 aliphatic heterocycles. The van der Waals surface area contributed by atoms with Gasteiger partial charge >= 0.3 is 6.36 Å². The summed E-state index contributed by atoms with van der Waals surface area (Å²) >= 11 is 1.71. The topological polar surface area (TPSA) is 31.4 Å². The Labute approximate surface area is 102 Å². The van der Waals surface area contributed by atoms with Crippen molar-refractivity contribution < 1.29 is 27.0 Å². The van der Waals surface area contributed by atoms with E-state index in [0.717, 1.165) is 0 Å². The summed E-state index contributed by atoms with van der Waals surface area (Å²) in [5.74, 6) is -0.954. The van der Waals surface area contributed by atoms with Crippen LogP contribution in [-0.2, 0) is 6.67 Å². The van der Waals surface area contributed by atoms with Crippen LogP contribution in [-0.4, -0.2) is 18.5 Å². The number of nitrogens with zero attached hydrogens (tertiary/aromatic N) is 1. The van der Waals surface area contributed by atoms with E-state index in [0.29, 0.717) is 3.57 Å². The molecule has 16 heavy (non-hydrogen) atoms. The second kappa shape index (κ2) is 5.02. The number of methoxy groups -OCH3 is 1. The van der Waals surface area contributed by atoms with Gasteiger partial charge < -0.3 is 9.47 Å². The molecular weight excluding hydrogens is 345 g/mol. The number of halogens is 5. The molecule has 0 aliphatic carbocycles. The fourth-order valence-corrected chi connectivity index (χ4v) is 1.77. The molecule has 0 atom stereocenters. The summed E-state index contributed by atoms with van der Waals surface area (Å²) < 4.78 is 57.0. The minimum absolute atomic E-state index is 0.149. The molecule has 0 radical (unpaired) electrons. The van der Waals surface area contributed by atoms with Crippen LogP contribution < -0.4 is 9.47 Å². The third-order valence-electron chi connectivity index (χ3n) is 1.50. The molecule has 0 aliphatic rings. The van der Waals surface area contributed by atoms with E-state index >= 15 is 0 Å². The summed E-state index contributed by atoms with van der Waals surface area (Å²) in [7, 11) is 1.18.